The summed E-state index contributed by atoms with van der Waals surface area (Å²) in [6, 6.07) is 6.55. The van der Waals surface area contributed by atoms with Crippen LogP contribution in [-0.4, -0.2) is 138 Å². The minimum atomic E-state index is -0.987. The molecule has 0 amide bonds. The van der Waals surface area contributed by atoms with Crippen molar-refractivity contribution in [1.82, 2.24) is 19.6 Å². The van der Waals surface area contributed by atoms with Gasteiger partial charge in [-0.3, -0.25) is 38.8 Å². The van der Waals surface area contributed by atoms with E-state index in [9.17, 15) is 24.0 Å². The summed E-state index contributed by atoms with van der Waals surface area (Å²) < 4.78 is 5.55. The van der Waals surface area contributed by atoms with Crippen LogP contribution < -0.4 is 0 Å². The molecule has 1 saturated heterocycles. The molecule has 0 atom stereocenters. The van der Waals surface area contributed by atoms with E-state index in [0.717, 1.165) is 5.56 Å². The van der Waals surface area contributed by atoms with E-state index in [1.807, 2.05) is 25.7 Å². The van der Waals surface area contributed by atoms with Gasteiger partial charge in [-0.15, -0.1) is 0 Å². The van der Waals surface area contributed by atoms with Gasteiger partial charge in [0.05, 0.1) is 31.7 Å². The molecule has 2 rings (SSSR count). The Bertz CT molecular complexity index is 1070. The normalized spacial score (nSPS) is 17.2. The number of ketones is 3. The number of hydrogen-bond acceptors (Lipinski definition) is 10. The summed E-state index contributed by atoms with van der Waals surface area (Å²) in [6.07, 6.45) is 0.835. The predicted molar refractivity (Wildman–Crippen MR) is 160 cm³/mol. The lowest BCUT2D eigenvalue weighted by atomic mass is 10.1. The molecular formula is C31H48N4O7. The first kappa shape index (κ1) is 35.2. The van der Waals surface area contributed by atoms with Crippen LogP contribution in [0.5, 0.6) is 0 Å². The number of aromatic carboxylic acids is 1. The second-order valence-electron chi connectivity index (χ2n) is 12.1. The smallest absolute Gasteiger partial charge is 0.335 e. The van der Waals surface area contributed by atoms with Gasteiger partial charge >= 0.3 is 11.9 Å². The highest BCUT2D eigenvalue weighted by Gasteiger charge is 2.23. The van der Waals surface area contributed by atoms with E-state index in [2.05, 4.69) is 14.7 Å². The van der Waals surface area contributed by atoms with Crippen molar-refractivity contribution < 1.29 is 33.8 Å². The molecule has 234 valence electrons. The summed E-state index contributed by atoms with van der Waals surface area (Å²) in [6.45, 7) is 14.1. The van der Waals surface area contributed by atoms with Crippen molar-refractivity contribution in [3.63, 3.8) is 0 Å². The van der Waals surface area contributed by atoms with E-state index in [0.29, 0.717) is 78.3 Å². The summed E-state index contributed by atoms with van der Waals surface area (Å²) in [5.41, 5.74) is 0.504. The Balaban J connectivity index is 2.13. The standard InChI is InChI=1S/C31H48N4O7/c1-24(36)20-32-12-13-33(21-25(2)37)15-18-35(23-29(39)42-31(3,4)5)19-17-34(16-14-32)22-28(38)11-8-26-6-9-27(10-7-26)30(40)41/h6-7,9-10H,8,11-23H2,1-5H3,(H,40,41). The fourth-order valence-corrected chi connectivity index (χ4v) is 4.82. The largest absolute Gasteiger partial charge is 0.478 e. The number of carboxylic acids is 1. The number of ether oxygens (including phenoxy) is 1. The number of esters is 1. The number of benzene rings is 1. The Hall–Kier alpha value is -2.99. The molecule has 1 heterocycles. The second kappa shape index (κ2) is 17.2. The van der Waals surface area contributed by atoms with E-state index in [-0.39, 0.29) is 42.0 Å². The summed E-state index contributed by atoms with van der Waals surface area (Å²) in [5.74, 6) is -1.13. The highest BCUT2D eigenvalue weighted by molar-refractivity contribution is 5.87. The van der Waals surface area contributed by atoms with E-state index in [1.165, 1.54) is 0 Å². The molecule has 0 saturated carbocycles. The molecule has 0 spiro atoms. The molecule has 42 heavy (non-hydrogen) atoms. The molecule has 0 unspecified atom stereocenters. The van der Waals surface area contributed by atoms with E-state index in [1.54, 1.807) is 38.1 Å². The molecule has 0 bridgehead atoms. The van der Waals surface area contributed by atoms with Gasteiger partial charge < -0.3 is 9.84 Å². The number of Topliss-reactive ketones (excluding diaryl/α,β-unsaturated/α-hetero) is 3. The lowest BCUT2D eigenvalue weighted by Gasteiger charge is -2.33. The van der Waals surface area contributed by atoms with Crippen molar-refractivity contribution >= 4 is 29.3 Å². The molecule has 1 aliphatic rings. The fourth-order valence-electron chi connectivity index (χ4n) is 4.82. The van der Waals surface area contributed by atoms with Crippen LogP contribution in [0.1, 0.15) is 57.0 Å². The number of carbonyl (C=O) groups excluding carboxylic acids is 4. The number of aryl methyl sites for hydroxylation is 1. The third-order valence-electron chi connectivity index (χ3n) is 6.89. The van der Waals surface area contributed by atoms with Crippen molar-refractivity contribution in [2.75, 3.05) is 78.5 Å². The van der Waals surface area contributed by atoms with Crippen molar-refractivity contribution in [1.29, 1.82) is 0 Å². The van der Waals surface area contributed by atoms with Gasteiger partial charge in [0.15, 0.2) is 0 Å². The summed E-state index contributed by atoms with van der Waals surface area (Å²) in [5, 5.41) is 9.09. The monoisotopic (exact) mass is 588 g/mol. The number of carbonyl (C=O) groups is 5. The molecule has 1 N–H and O–H groups in total. The molecule has 1 aliphatic heterocycles. The zero-order valence-corrected chi connectivity index (χ0v) is 25.9. The minimum absolute atomic E-state index is 0.0558. The average Bonchev–Trinajstić information content (AvgIpc) is 2.87. The molecule has 0 aromatic heterocycles. The van der Waals surface area contributed by atoms with Gasteiger partial charge in [0.1, 0.15) is 23.0 Å². The maximum Gasteiger partial charge on any atom is 0.335 e. The lowest BCUT2D eigenvalue weighted by molar-refractivity contribution is -0.156. The first-order valence-corrected chi connectivity index (χ1v) is 14.6. The van der Waals surface area contributed by atoms with Gasteiger partial charge in [-0.2, -0.15) is 0 Å². The molecule has 0 aliphatic carbocycles. The van der Waals surface area contributed by atoms with Crippen LogP contribution >= 0.6 is 0 Å². The van der Waals surface area contributed by atoms with Crippen molar-refractivity contribution in [3.05, 3.63) is 35.4 Å². The zero-order chi connectivity index (χ0) is 31.3. The average molecular weight is 589 g/mol. The highest BCUT2D eigenvalue weighted by atomic mass is 16.6. The van der Waals surface area contributed by atoms with Crippen LogP contribution in [0.25, 0.3) is 0 Å². The third-order valence-corrected chi connectivity index (χ3v) is 6.89. The molecule has 1 aromatic carbocycles. The topological polar surface area (TPSA) is 128 Å². The summed E-state index contributed by atoms with van der Waals surface area (Å²) >= 11 is 0. The van der Waals surface area contributed by atoms with Crippen LogP contribution in [0.2, 0.25) is 0 Å². The van der Waals surface area contributed by atoms with Crippen LogP contribution in [0, 0.1) is 0 Å². The maximum absolute atomic E-state index is 13.0. The SMILES string of the molecule is CC(=O)CN1CCN(CC(C)=O)CCN(CC(=O)OC(C)(C)C)CCN(CC(=O)CCc2ccc(C(=O)O)cc2)CC1. The quantitative estimate of drug-likeness (QED) is 0.358. The third kappa shape index (κ3) is 14.8. The molecule has 11 heteroatoms. The Kier molecular flexibility index (Phi) is 14.4. The van der Waals surface area contributed by atoms with Crippen molar-refractivity contribution in [2.24, 2.45) is 0 Å². The Morgan fingerprint density at radius 3 is 1.48 bits per heavy atom. The van der Waals surface area contributed by atoms with Gasteiger partial charge in [-0.25, -0.2) is 4.79 Å². The van der Waals surface area contributed by atoms with Gasteiger partial charge in [-0.05, 0) is 58.7 Å². The number of hydrogen-bond donors (Lipinski definition) is 1. The van der Waals surface area contributed by atoms with Crippen molar-refractivity contribution in [2.45, 2.75) is 53.1 Å². The van der Waals surface area contributed by atoms with Crippen LogP contribution in [0.3, 0.4) is 0 Å². The van der Waals surface area contributed by atoms with Gasteiger partial charge in [0, 0.05) is 58.8 Å². The Labute approximate surface area is 249 Å². The predicted octanol–water partition coefficient (Wildman–Crippen LogP) is 1.63. The summed E-state index contributed by atoms with van der Waals surface area (Å²) in [7, 11) is 0. The Morgan fingerprint density at radius 2 is 1.10 bits per heavy atom. The van der Waals surface area contributed by atoms with Gasteiger partial charge in [0.2, 0.25) is 0 Å². The second-order valence-corrected chi connectivity index (χ2v) is 12.1. The fraction of sp³-hybridized carbons (Fsp3) is 0.645. The number of carboxylic acid groups (broad SMARTS) is 1. The van der Waals surface area contributed by atoms with Crippen LogP contribution in [-0.2, 0) is 30.3 Å². The molecule has 1 aromatic rings. The van der Waals surface area contributed by atoms with E-state index >= 15 is 0 Å². The maximum atomic E-state index is 13.0. The van der Waals surface area contributed by atoms with E-state index < -0.39 is 11.6 Å². The number of nitrogens with zero attached hydrogens (tertiary/aromatic N) is 4. The van der Waals surface area contributed by atoms with E-state index in [4.69, 9.17) is 9.84 Å². The van der Waals surface area contributed by atoms with Crippen LogP contribution in [0.15, 0.2) is 24.3 Å². The summed E-state index contributed by atoms with van der Waals surface area (Å²) in [4.78, 5) is 68.9. The molecule has 0 radical (unpaired) electrons. The molecule has 1 fully saturated rings. The molecule has 11 nitrogen and oxygen atoms in total. The van der Waals surface area contributed by atoms with Crippen LogP contribution in [0.4, 0.5) is 0 Å². The zero-order valence-electron chi connectivity index (χ0n) is 25.9. The Morgan fingerprint density at radius 1 is 0.690 bits per heavy atom. The van der Waals surface area contributed by atoms with Gasteiger partial charge in [0.25, 0.3) is 0 Å². The first-order chi connectivity index (χ1) is 19.7. The van der Waals surface area contributed by atoms with Gasteiger partial charge in [-0.1, -0.05) is 12.1 Å². The first-order valence-electron chi connectivity index (χ1n) is 14.6. The van der Waals surface area contributed by atoms with Crippen molar-refractivity contribution in [3.8, 4) is 0 Å². The number of rotatable bonds is 12. The highest BCUT2D eigenvalue weighted by Crippen LogP contribution is 2.10. The molecular weight excluding hydrogens is 540 g/mol. The minimum Gasteiger partial charge on any atom is -0.478 e. The lowest BCUT2D eigenvalue weighted by Crippen LogP contribution is -2.49.